The van der Waals surface area contributed by atoms with Crippen LogP contribution in [0.4, 0.5) is 5.13 Å². The quantitative estimate of drug-likeness (QED) is 0.0776. The maximum absolute atomic E-state index is 13.5. The molecule has 1 atom stereocenters. The van der Waals surface area contributed by atoms with E-state index in [1.165, 1.54) is 11.3 Å². The molecule has 11 nitrogen and oxygen atoms in total. The number of hydrogen-bond acceptors (Lipinski definition) is 11. The molecule has 188 valence electrons. The summed E-state index contributed by atoms with van der Waals surface area (Å²) in [6, 6.07) is 9.16. The molecule has 0 bridgehead atoms. The molecule has 1 saturated heterocycles. The Balaban J connectivity index is 1.91. The summed E-state index contributed by atoms with van der Waals surface area (Å²) in [7, 11) is -4.79. The van der Waals surface area contributed by atoms with Crippen molar-refractivity contribution in [1.82, 2.24) is 15.8 Å². The number of aromatic nitrogens is 1. The van der Waals surface area contributed by atoms with E-state index >= 15 is 0 Å². The first-order valence-electron chi connectivity index (χ1n) is 10.6. The number of hydrogen-bond donors (Lipinski definition) is 6. The molecule has 4 rings (SSSR count). The zero-order valence-corrected chi connectivity index (χ0v) is 22.0. The summed E-state index contributed by atoms with van der Waals surface area (Å²) < 4.78 is 40.2. The molecule has 15 heteroatoms. The number of anilines is 1. The van der Waals surface area contributed by atoms with Gasteiger partial charge in [0.25, 0.3) is 0 Å². The fourth-order valence-electron chi connectivity index (χ4n) is 4.00. The number of fused-ring (bicyclic) bond motifs is 1. The molecular weight excluding hydrogens is 529 g/mol. The molecular formula is C20H26N8O3S4. The number of piperidine rings is 1. The number of sulfonamides is 1. The van der Waals surface area contributed by atoms with Crippen molar-refractivity contribution < 1.29 is 12.6 Å². The highest BCUT2D eigenvalue weighted by molar-refractivity contribution is 7.98. The molecule has 3 aromatic rings. The molecule has 1 aliphatic rings. The zero-order chi connectivity index (χ0) is 25.2. The van der Waals surface area contributed by atoms with Gasteiger partial charge in [0.05, 0.1) is 37.1 Å². The second kappa shape index (κ2) is 10.8. The lowest BCUT2D eigenvalue weighted by Crippen LogP contribution is -2.33. The Bertz CT molecular complexity index is 1400. The summed E-state index contributed by atoms with van der Waals surface area (Å²) in [5.41, 5.74) is 10.9. The number of hydrazine groups is 1. The number of hydrazone groups is 1. The molecule has 0 amide bonds. The maximum atomic E-state index is 13.5. The van der Waals surface area contributed by atoms with Gasteiger partial charge in [-0.3, -0.25) is 14.1 Å². The first-order valence-corrected chi connectivity index (χ1v) is 15.4. The van der Waals surface area contributed by atoms with Crippen molar-refractivity contribution in [2.45, 2.75) is 27.9 Å². The third-order valence-corrected chi connectivity index (χ3v) is 9.74. The van der Waals surface area contributed by atoms with E-state index in [-0.39, 0.29) is 16.2 Å². The summed E-state index contributed by atoms with van der Waals surface area (Å²) in [6.45, 7) is 1.62. The van der Waals surface area contributed by atoms with Gasteiger partial charge in [0, 0.05) is 16.4 Å². The van der Waals surface area contributed by atoms with Crippen LogP contribution in [0.3, 0.4) is 0 Å². The summed E-state index contributed by atoms with van der Waals surface area (Å²) in [6.07, 6.45) is 2.65. The Kier molecular flexibility index (Phi) is 7.95. The maximum Gasteiger partial charge on any atom is 0.231 e. The minimum absolute atomic E-state index is 0.00163. The lowest BCUT2D eigenvalue weighted by molar-refractivity contribution is 0.519. The van der Waals surface area contributed by atoms with Gasteiger partial charge in [-0.25, -0.2) is 24.8 Å². The van der Waals surface area contributed by atoms with Crippen molar-refractivity contribution in [1.29, 1.82) is 0 Å². The second-order valence-corrected chi connectivity index (χ2v) is 13.0. The summed E-state index contributed by atoms with van der Waals surface area (Å²) in [4.78, 5) is 5.64. The average molecular weight is 555 g/mol. The standard InChI is InChI=1S/C20H26N8O3S4/c1-35(30,31)27-20-25-17-13(3-2-4-14(17)32-20)12-5-6-15(34(29)11-7-9-24-10-8-11)18(33-23)16(12)19(21)26-28-22/h2-6,11,24,28H,7-10,22-23H2,1H3,(H2,21,26)(H,25,27). The molecule has 0 saturated carbocycles. The number of amidine groups is 1. The van der Waals surface area contributed by atoms with Gasteiger partial charge in [-0.2, -0.15) is 0 Å². The second-order valence-electron chi connectivity index (χ2n) is 7.85. The first-order chi connectivity index (χ1) is 16.7. The third kappa shape index (κ3) is 5.61. The Hall–Kier alpha value is -2.27. The van der Waals surface area contributed by atoms with Gasteiger partial charge in [-0.1, -0.05) is 29.5 Å². The molecule has 1 fully saturated rings. The van der Waals surface area contributed by atoms with Gasteiger partial charge in [-0.05, 0) is 55.6 Å². The highest BCUT2D eigenvalue weighted by atomic mass is 32.2. The van der Waals surface area contributed by atoms with Crippen molar-refractivity contribution in [3.63, 3.8) is 0 Å². The molecule has 2 heterocycles. The van der Waals surface area contributed by atoms with Crippen LogP contribution in [0.25, 0.3) is 21.3 Å². The topological polar surface area (TPSA) is 191 Å². The highest BCUT2D eigenvalue weighted by Gasteiger charge is 2.27. The van der Waals surface area contributed by atoms with Crippen molar-refractivity contribution >= 4 is 65.3 Å². The average Bonchev–Trinajstić information content (AvgIpc) is 3.24. The zero-order valence-electron chi connectivity index (χ0n) is 18.8. The van der Waals surface area contributed by atoms with E-state index in [1.54, 1.807) is 6.07 Å². The number of nitrogens with zero attached hydrogens (tertiary/aromatic N) is 2. The number of nitrogens with two attached hydrogens (primary N) is 3. The van der Waals surface area contributed by atoms with Gasteiger partial charge >= 0.3 is 0 Å². The van der Waals surface area contributed by atoms with Crippen LogP contribution in [0.2, 0.25) is 0 Å². The Morgan fingerprint density at radius 3 is 2.66 bits per heavy atom. The van der Waals surface area contributed by atoms with Crippen LogP contribution in [0.5, 0.6) is 0 Å². The minimum Gasteiger partial charge on any atom is -0.382 e. The van der Waals surface area contributed by atoms with Gasteiger partial charge in [-0.15, -0.1) is 5.10 Å². The van der Waals surface area contributed by atoms with Crippen LogP contribution in [-0.4, -0.2) is 48.0 Å². The lowest BCUT2D eigenvalue weighted by Gasteiger charge is -2.24. The molecule has 1 aromatic heterocycles. The Morgan fingerprint density at radius 1 is 1.26 bits per heavy atom. The molecule has 0 aliphatic carbocycles. The fraction of sp³-hybridized carbons (Fsp3) is 0.300. The van der Waals surface area contributed by atoms with Crippen LogP contribution in [0, 0.1) is 0 Å². The van der Waals surface area contributed by atoms with Crippen LogP contribution in [0.1, 0.15) is 18.4 Å². The Morgan fingerprint density at radius 2 is 2.00 bits per heavy atom. The number of benzene rings is 2. The fourth-order valence-corrected chi connectivity index (χ4v) is 8.15. The van der Waals surface area contributed by atoms with Crippen molar-refractivity contribution in [3.05, 3.63) is 35.9 Å². The predicted octanol–water partition coefficient (Wildman–Crippen LogP) is 1.24. The third-order valence-electron chi connectivity index (χ3n) is 5.47. The van der Waals surface area contributed by atoms with Crippen LogP contribution >= 0.6 is 23.3 Å². The van der Waals surface area contributed by atoms with Crippen molar-refractivity contribution in [3.8, 4) is 11.1 Å². The molecule has 1 unspecified atom stereocenters. The van der Waals surface area contributed by atoms with Gasteiger partial charge in [0.2, 0.25) is 10.0 Å². The predicted molar refractivity (Wildman–Crippen MR) is 144 cm³/mol. The van der Waals surface area contributed by atoms with Crippen molar-refractivity contribution in [2.75, 3.05) is 24.1 Å². The van der Waals surface area contributed by atoms with E-state index in [0.717, 1.165) is 48.8 Å². The summed E-state index contributed by atoms with van der Waals surface area (Å²) in [5, 5.41) is 13.6. The first kappa shape index (κ1) is 25.8. The smallest absolute Gasteiger partial charge is 0.231 e. The molecule has 2 aromatic carbocycles. The van der Waals surface area contributed by atoms with E-state index in [9.17, 15) is 12.6 Å². The monoisotopic (exact) mass is 554 g/mol. The molecule has 0 radical (unpaired) electrons. The molecule has 9 N–H and O–H groups in total. The SMILES string of the molecule is CS(=O)(=O)Nc1nc2c(-c3ccc(S(=O)C4CCNCC4)c(SN)c3/C(N)=N/NN)cccc2s1. The Labute approximate surface area is 213 Å². The van der Waals surface area contributed by atoms with Gasteiger partial charge in [0.1, 0.15) is 0 Å². The largest absolute Gasteiger partial charge is 0.382 e. The van der Waals surface area contributed by atoms with Crippen LogP contribution < -0.4 is 32.3 Å². The van der Waals surface area contributed by atoms with E-state index in [0.29, 0.717) is 32.0 Å². The number of nitrogens with one attached hydrogen (secondary N) is 3. The summed E-state index contributed by atoms with van der Waals surface area (Å²) >= 11 is 2.16. The van der Waals surface area contributed by atoms with Gasteiger partial charge in [0.15, 0.2) is 11.0 Å². The highest BCUT2D eigenvalue weighted by Crippen LogP contribution is 2.40. The van der Waals surface area contributed by atoms with E-state index < -0.39 is 20.8 Å². The minimum atomic E-state index is -3.49. The van der Waals surface area contributed by atoms with Crippen molar-refractivity contribution in [2.24, 2.45) is 21.8 Å². The summed E-state index contributed by atoms with van der Waals surface area (Å²) in [5.74, 6) is 5.49. The number of para-hydroxylation sites is 1. The van der Waals surface area contributed by atoms with E-state index in [4.69, 9.17) is 16.7 Å². The normalized spacial score (nSPS) is 16.4. The van der Waals surface area contributed by atoms with E-state index in [1.807, 2.05) is 24.3 Å². The molecule has 0 spiro atoms. The number of rotatable bonds is 8. The lowest BCUT2D eigenvalue weighted by atomic mass is 9.98. The van der Waals surface area contributed by atoms with Gasteiger partial charge < -0.3 is 11.1 Å². The van der Waals surface area contributed by atoms with Crippen LogP contribution in [0.15, 0.2) is 45.2 Å². The van der Waals surface area contributed by atoms with Crippen LogP contribution in [-0.2, 0) is 20.8 Å². The molecule has 1 aliphatic heterocycles. The molecule has 35 heavy (non-hydrogen) atoms. The van der Waals surface area contributed by atoms with E-state index in [2.05, 4.69) is 25.7 Å². The number of thiazole rings is 1.